The van der Waals surface area contributed by atoms with E-state index < -0.39 is 36.2 Å². The smallest absolute Gasteiger partial charge is 0.405 e. The number of benzene rings is 1. The molecule has 1 unspecified atom stereocenters. The Labute approximate surface area is 147 Å². The van der Waals surface area contributed by atoms with Crippen molar-refractivity contribution in [3.05, 3.63) is 34.4 Å². The van der Waals surface area contributed by atoms with Crippen LogP contribution in [0, 0.1) is 10.1 Å². The Morgan fingerprint density at radius 3 is 2.46 bits per heavy atom. The van der Waals surface area contributed by atoms with Crippen molar-refractivity contribution in [2.45, 2.75) is 12.2 Å². The minimum Gasteiger partial charge on any atom is -0.484 e. The molecule has 26 heavy (non-hydrogen) atoms. The topological polar surface area (TPSA) is 96.7 Å². The SMILES string of the molecule is O=C(COc1ccc([N+](=O)[O-])cc1)NCC(N1CCNCC1)C(F)(F)F. The number of carbonyl (C=O) groups is 1. The first-order valence-electron chi connectivity index (χ1n) is 7.93. The van der Waals surface area contributed by atoms with Crippen molar-refractivity contribution in [1.82, 2.24) is 15.5 Å². The molecule has 0 spiro atoms. The van der Waals surface area contributed by atoms with Crippen molar-refractivity contribution in [3.8, 4) is 5.75 Å². The second-order valence-electron chi connectivity index (χ2n) is 5.69. The summed E-state index contributed by atoms with van der Waals surface area (Å²) in [6.07, 6.45) is -4.45. The number of hydrogen-bond donors (Lipinski definition) is 2. The van der Waals surface area contributed by atoms with Gasteiger partial charge in [-0.05, 0) is 12.1 Å². The Balaban J connectivity index is 1.82. The Hall–Kier alpha value is -2.40. The molecule has 1 aliphatic rings. The van der Waals surface area contributed by atoms with E-state index in [1.54, 1.807) is 0 Å². The summed E-state index contributed by atoms with van der Waals surface area (Å²) in [5, 5.41) is 15.7. The second kappa shape index (κ2) is 8.81. The van der Waals surface area contributed by atoms with Crippen LogP contribution < -0.4 is 15.4 Å². The summed E-state index contributed by atoms with van der Waals surface area (Å²) in [5.74, 6) is -0.493. The molecular formula is C15H19F3N4O4. The van der Waals surface area contributed by atoms with Crippen LogP contribution in [0.1, 0.15) is 0 Å². The van der Waals surface area contributed by atoms with Gasteiger partial charge in [0.1, 0.15) is 11.8 Å². The van der Waals surface area contributed by atoms with Crippen molar-refractivity contribution in [2.24, 2.45) is 0 Å². The Morgan fingerprint density at radius 1 is 1.31 bits per heavy atom. The quantitative estimate of drug-likeness (QED) is 0.543. The summed E-state index contributed by atoms with van der Waals surface area (Å²) in [5.41, 5.74) is -0.133. The summed E-state index contributed by atoms with van der Waals surface area (Å²) in [7, 11) is 0. The van der Waals surface area contributed by atoms with Gasteiger partial charge in [-0.15, -0.1) is 0 Å². The number of rotatable bonds is 7. The summed E-state index contributed by atoms with van der Waals surface area (Å²) in [6.45, 7) is 0.377. The van der Waals surface area contributed by atoms with Crippen molar-refractivity contribution >= 4 is 11.6 Å². The molecule has 0 aromatic heterocycles. The first kappa shape index (κ1) is 19.9. The number of ether oxygens (including phenoxy) is 1. The van der Waals surface area contributed by atoms with E-state index in [1.807, 2.05) is 0 Å². The van der Waals surface area contributed by atoms with Gasteiger partial charge in [-0.3, -0.25) is 19.8 Å². The maximum atomic E-state index is 13.2. The third-order valence-corrected chi connectivity index (χ3v) is 3.88. The predicted molar refractivity (Wildman–Crippen MR) is 85.9 cm³/mol. The first-order chi connectivity index (χ1) is 12.3. The molecule has 1 amide bonds. The number of hydrogen-bond acceptors (Lipinski definition) is 6. The molecule has 144 valence electrons. The van der Waals surface area contributed by atoms with Gasteiger partial charge in [-0.25, -0.2) is 0 Å². The van der Waals surface area contributed by atoms with Crippen LogP contribution in [0.15, 0.2) is 24.3 Å². The molecule has 1 aromatic carbocycles. The molecule has 2 N–H and O–H groups in total. The number of amides is 1. The molecule has 1 atom stereocenters. The van der Waals surface area contributed by atoms with Crippen LogP contribution >= 0.6 is 0 Å². The van der Waals surface area contributed by atoms with Gasteiger partial charge in [0, 0.05) is 44.9 Å². The number of non-ortho nitro benzene ring substituents is 1. The van der Waals surface area contributed by atoms with Gasteiger partial charge >= 0.3 is 6.18 Å². The molecule has 2 rings (SSSR count). The van der Waals surface area contributed by atoms with Crippen molar-refractivity contribution < 1.29 is 27.6 Å². The molecule has 1 fully saturated rings. The van der Waals surface area contributed by atoms with E-state index in [1.165, 1.54) is 29.2 Å². The van der Waals surface area contributed by atoms with E-state index in [0.29, 0.717) is 13.1 Å². The largest absolute Gasteiger partial charge is 0.484 e. The van der Waals surface area contributed by atoms with Gasteiger partial charge in [0.05, 0.1) is 4.92 Å². The second-order valence-corrected chi connectivity index (χ2v) is 5.69. The zero-order valence-corrected chi connectivity index (χ0v) is 13.8. The molecule has 0 aliphatic carbocycles. The molecule has 1 saturated heterocycles. The van der Waals surface area contributed by atoms with Crippen LogP contribution in [0.3, 0.4) is 0 Å². The van der Waals surface area contributed by atoms with Gasteiger partial charge in [0.2, 0.25) is 0 Å². The predicted octanol–water partition coefficient (Wildman–Crippen LogP) is 0.926. The molecule has 1 heterocycles. The van der Waals surface area contributed by atoms with Crippen LogP contribution in [0.25, 0.3) is 0 Å². The fraction of sp³-hybridized carbons (Fsp3) is 0.533. The number of alkyl halides is 3. The van der Waals surface area contributed by atoms with Crippen molar-refractivity contribution in [1.29, 1.82) is 0 Å². The Bertz CT molecular complexity index is 618. The monoisotopic (exact) mass is 376 g/mol. The maximum absolute atomic E-state index is 13.2. The minimum absolute atomic E-state index is 0.133. The molecular weight excluding hydrogens is 357 g/mol. The lowest BCUT2D eigenvalue weighted by molar-refractivity contribution is -0.384. The first-order valence-corrected chi connectivity index (χ1v) is 7.93. The average molecular weight is 376 g/mol. The lowest BCUT2D eigenvalue weighted by atomic mass is 10.2. The number of halogens is 3. The number of nitro benzene ring substituents is 1. The van der Waals surface area contributed by atoms with Gasteiger partial charge in [-0.1, -0.05) is 0 Å². The standard InChI is InChI=1S/C15H19F3N4O4/c16-15(17,18)13(21-7-5-19-6-8-21)9-20-14(23)10-26-12-3-1-11(2-4-12)22(24)25/h1-4,13,19H,5-10H2,(H,20,23). The van der Waals surface area contributed by atoms with Gasteiger partial charge in [-0.2, -0.15) is 13.2 Å². The van der Waals surface area contributed by atoms with E-state index in [4.69, 9.17) is 4.74 Å². The van der Waals surface area contributed by atoms with Crippen molar-refractivity contribution in [2.75, 3.05) is 39.3 Å². The molecule has 11 heteroatoms. The number of carbonyl (C=O) groups excluding carboxylic acids is 1. The lowest BCUT2D eigenvalue weighted by Gasteiger charge is -2.35. The number of nitrogens with zero attached hydrogens (tertiary/aromatic N) is 2. The van der Waals surface area contributed by atoms with Crippen LogP contribution in [-0.2, 0) is 4.79 Å². The number of nitrogens with one attached hydrogen (secondary N) is 2. The van der Waals surface area contributed by atoms with Gasteiger partial charge in [0.15, 0.2) is 6.61 Å². The molecule has 0 radical (unpaired) electrons. The van der Waals surface area contributed by atoms with Gasteiger partial charge < -0.3 is 15.4 Å². The van der Waals surface area contributed by atoms with E-state index in [9.17, 15) is 28.1 Å². The summed E-state index contributed by atoms with van der Waals surface area (Å²) < 4.78 is 44.8. The third-order valence-electron chi connectivity index (χ3n) is 3.88. The zero-order chi connectivity index (χ0) is 19.2. The fourth-order valence-corrected chi connectivity index (χ4v) is 2.52. The summed E-state index contributed by atoms with van der Waals surface area (Å²) >= 11 is 0. The molecule has 0 bridgehead atoms. The summed E-state index contributed by atoms with van der Waals surface area (Å²) in [4.78, 5) is 23.0. The normalized spacial score (nSPS) is 16.7. The average Bonchev–Trinajstić information content (AvgIpc) is 2.60. The number of nitro groups is 1. The highest BCUT2D eigenvalue weighted by molar-refractivity contribution is 5.77. The highest BCUT2D eigenvalue weighted by Crippen LogP contribution is 2.24. The van der Waals surface area contributed by atoms with Crippen LogP contribution in [-0.4, -0.2) is 67.3 Å². The number of piperazine rings is 1. The van der Waals surface area contributed by atoms with E-state index in [0.717, 1.165) is 0 Å². The van der Waals surface area contributed by atoms with Gasteiger partial charge in [0.25, 0.3) is 11.6 Å². The van der Waals surface area contributed by atoms with Crippen molar-refractivity contribution in [3.63, 3.8) is 0 Å². The Morgan fingerprint density at radius 2 is 1.92 bits per heavy atom. The van der Waals surface area contributed by atoms with Crippen LogP contribution in [0.2, 0.25) is 0 Å². The van der Waals surface area contributed by atoms with E-state index in [-0.39, 0.29) is 24.5 Å². The molecule has 1 aliphatic heterocycles. The fourth-order valence-electron chi connectivity index (χ4n) is 2.52. The highest BCUT2D eigenvalue weighted by Gasteiger charge is 2.43. The minimum atomic E-state index is -4.45. The maximum Gasteiger partial charge on any atom is 0.405 e. The third kappa shape index (κ3) is 5.85. The van der Waals surface area contributed by atoms with Crippen LogP contribution in [0.5, 0.6) is 5.75 Å². The van der Waals surface area contributed by atoms with E-state index >= 15 is 0 Å². The zero-order valence-electron chi connectivity index (χ0n) is 13.8. The molecule has 0 saturated carbocycles. The highest BCUT2D eigenvalue weighted by atomic mass is 19.4. The Kier molecular flexibility index (Phi) is 6.75. The summed E-state index contributed by atoms with van der Waals surface area (Å²) in [6, 6.07) is 3.28. The van der Waals surface area contributed by atoms with Crippen LogP contribution in [0.4, 0.5) is 18.9 Å². The lowest BCUT2D eigenvalue weighted by Crippen LogP contribution is -2.57. The molecule has 1 aromatic rings. The molecule has 8 nitrogen and oxygen atoms in total. The van der Waals surface area contributed by atoms with E-state index in [2.05, 4.69) is 10.6 Å².